The van der Waals surface area contributed by atoms with E-state index in [0.29, 0.717) is 0 Å². The third-order valence-electron chi connectivity index (χ3n) is 3.02. The molecule has 1 saturated heterocycles. The van der Waals surface area contributed by atoms with E-state index in [2.05, 4.69) is 38.0 Å². The van der Waals surface area contributed by atoms with Crippen molar-refractivity contribution in [3.8, 4) is 0 Å². The fourth-order valence-corrected chi connectivity index (χ4v) is 3.66. The van der Waals surface area contributed by atoms with Gasteiger partial charge in [-0.3, -0.25) is 4.99 Å². The normalized spacial score (nSPS) is 28.4. The number of thioether (sulfide) groups is 1. The molecule has 2 unspecified atom stereocenters. The maximum absolute atomic E-state index is 4.72. The standard InChI is InChI=1S/C12H19N3S2/c1-5-12(4)7-16-11(15-12)14-9(3)10-13-6-8(2)17-10/h6,9H,5,7H2,1-4H3,(H,14,15). The van der Waals surface area contributed by atoms with Crippen LogP contribution in [0.2, 0.25) is 0 Å². The zero-order valence-corrected chi connectivity index (χ0v) is 12.4. The van der Waals surface area contributed by atoms with Crippen molar-refractivity contribution >= 4 is 28.3 Å². The first-order valence-electron chi connectivity index (χ1n) is 5.93. The highest BCUT2D eigenvalue weighted by molar-refractivity contribution is 8.14. The van der Waals surface area contributed by atoms with Crippen molar-refractivity contribution in [1.82, 2.24) is 10.3 Å². The second-order valence-corrected chi connectivity index (χ2v) is 6.98. The van der Waals surface area contributed by atoms with Crippen LogP contribution in [-0.2, 0) is 0 Å². The van der Waals surface area contributed by atoms with Gasteiger partial charge in [-0.15, -0.1) is 11.3 Å². The van der Waals surface area contributed by atoms with Crippen LogP contribution in [0.4, 0.5) is 0 Å². The molecule has 0 bridgehead atoms. The number of hydrogen-bond acceptors (Lipinski definition) is 4. The van der Waals surface area contributed by atoms with Crippen molar-refractivity contribution in [2.24, 2.45) is 4.99 Å². The van der Waals surface area contributed by atoms with Crippen LogP contribution in [0.3, 0.4) is 0 Å². The summed E-state index contributed by atoms with van der Waals surface area (Å²) in [7, 11) is 0. The molecule has 0 aromatic carbocycles. The molecule has 94 valence electrons. The van der Waals surface area contributed by atoms with E-state index in [4.69, 9.17) is 4.99 Å². The molecule has 2 atom stereocenters. The van der Waals surface area contributed by atoms with Gasteiger partial charge in [0.15, 0.2) is 5.17 Å². The maximum Gasteiger partial charge on any atom is 0.157 e. The molecule has 0 aliphatic carbocycles. The number of aromatic nitrogens is 1. The Morgan fingerprint density at radius 3 is 2.94 bits per heavy atom. The fraction of sp³-hybridized carbons (Fsp3) is 0.667. The monoisotopic (exact) mass is 269 g/mol. The van der Waals surface area contributed by atoms with Gasteiger partial charge in [0.25, 0.3) is 0 Å². The summed E-state index contributed by atoms with van der Waals surface area (Å²) in [5.41, 5.74) is 0.210. The third-order valence-corrected chi connectivity index (χ3v) is 5.37. The van der Waals surface area contributed by atoms with Gasteiger partial charge in [-0.05, 0) is 27.2 Å². The second kappa shape index (κ2) is 4.98. The largest absolute Gasteiger partial charge is 0.359 e. The molecule has 0 amide bonds. The molecule has 1 aliphatic rings. The summed E-state index contributed by atoms with van der Waals surface area (Å²) in [6.07, 6.45) is 3.05. The van der Waals surface area contributed by atoms with Crippen molar-refractivity contribution in [2.45, 2.75) is 45.7 Å². The summed E-state index contributed by atoms with van der Waals surface area (Å²) in [4.78, 5) is 10.4. The molecule has 1 aromatic rings. The molecule has 0 spiro atoms. The van der Waals surface area contributed by atoms with Crippen molar-refractivity contribution in [3.05, 3.63) is 16.1 Å². The van der Waals surface area contributed by atoms with Gasteiger partial charge >= 0.3 is 0 Å². The summed E-state index contributed by atoms with van der Waals surface area (Å²) < 4.78 is 0. The Bertz CT molecular complexity index is 427. The molecule has 2 rings (SSSR count). The average molecular weight is 269 g/mol. The van der Waals surface area contributed by atoms with Crippen molar-refractivity contribution in [3.63, 3.8) is 0 Å². The Labute approximate surface area is 111 Å². The molecule has 17 heavy (non-hydrogen) atoms. The van der Waals surface area contributed by atoms with Crippen molar-refractivity contribution in [2.75, 3.05) is 5.75 Å². The van der Waals surface area contributed by atoms with Crippen molar-refractivity contribution < 1.29 is 0 Å². The first kappa shape index (κ1) is 12.9. The number of nitrogens with zero attached hydrogens (tertiary/aromatic N) is 2. The molecule has 0 saturated carbocycles. The zero-order chi connectivity index (χ0) is 12.5. The number of aryl methyl sites for hydroxylation is 1. The number of aliphatic imine (C=N–C) groups is 1. The van der Waals surface area contributed by atoms with Gasteiger partial charge in [0, 0.05) is 22.4 Å². The third kappa shape index (κ3) is 3.01. The van der Waals surface area contributed by atoms with Crippen LogP contribution in [0.5, 0.6) is 0 Å². The summed E-state index contributed by atoms with van der Waals surface area (Å²) in [5, 5.41) is 5.68. The van der Waals surface area contributed by atoms with Crippen LogP contribution in [0.15, 0.2) is 11.2 Å². The summed E-state index contributed by atoms with van der Waals surface area (Å²) in [5.74, 6) is 1.10. The highest BCUT2D eigenvalue weighted by Gasteiger charge is 2.30. The quantitative estimate of drug-likeness (QED) is 0.914. The Hall–Kier alpha value is -0.550. The molecular weight excluding hydrogens is 250 g/mol. The molecule has 1 aliphatic heterocycles. The lowest BCUT2D eigenvalue weighted by atomic mass is 10.0. The Morgan fingerprint density at radius 2 is 2.41 bits per heavy atom. The minimum absolute atomic E-state index is 0.155. The lowest BCUT2D eigenvalue weighted by molar-refractivity contribution is 0.465. The Morgan fingerprint density at radius 1 is 1.65 bits per heavy atom. The number of hydrogen-bond donors (Lipinski definition) is 1. The van der Waals surface area contributed by atoms with Crippen LogP contribution >= 0.6 is 23.1 Å². The van der Waals surface area contributed by atoms with E-state index in [1.807, 2.05) is 18.0 Å². The minimum Gasteiger partial charge on any atom is -0.359 e. The van der Waals surface area contributed by atoms with Gasteiger partial charge < -0.3 is 5.32 Å². The van der Waals surface area contributed by atoms with Crippen molar-refractivity contribution in [1.29, 1.82) is 0 Å². The number of nitrogens with one attached hydrogen (secondary N) is 1. The minimum atomic E-state index is 0.155. The lowest BCUT2D eigenvalue weighted by Gasteiger charge is -2.21. The molecule has 1 N–H and O–H groups in total. The van der Waals surface area contributed by atoms with E-state index in [0.717, 1.165) is 22.3 Å². The van der Waals surface area contributed by atoms with Gasteiger partial charge in [0.2, 0.25) is 0 Å². The van der Waals surface area contributed by atoms with E-state index in [-0.39, 0.29) is 11.6 Å². The highest BCUT2D eigenvalue weighted by atomic mass is 32.2. The predicted octanol–water partition coefficient (Wildman–Crippen LogP) is 3.37. The van der Waals surface area contributed by atoms with Gasteiger partial charge in [0.05, 0.1) is 0 Å². The van der Waals surface area contributed by atoms with Crippen LogP contribution in [0, 0.1) is 6.92 Å². The Kier molecular flexibility index (Phi) is 3.78. The van der Waals surface area contributed by atoms with Gasteiger partial charge in [0.1, 0.15) is 11.0 Å². The Balaban J connectivity index is 2.06. The van der Waals surface area contributed by atoms with E-state index in [1.165, 1.54) is 4.88 Å². The summed E-state index contributed by atoms with van der Waals surface area (Å²) >= 11 is 3.55. The van der Waals surface area contributed by atoms with Crippen LogP contribution in [-0.4, -0.2) is 21.4 Å². The van der Waals surface area contributed by atoms with E-state index >= 15 is 0 Å². The first-order chi connectivity index (χ1) is 8.02. The van der Waals surface area contributed by atoms with E-state index in [9.17, 15) is 0 Å². The van der Waals surface area contributed by atoms with Gasteiger partial charge in [-0.2, -0.15) is 0 Å². The maximum atomic E-state index is 4.72. The first-order valence-corrected chi connectivity index (χ1v) is 7.74. The van der Waals surface area contributed by atoms with Gasteiger partial charge in [-0.25, -0.2) is 4.98 Å². The predicted molar refractivity (Wildman–Crippen MR) is 77.0 cm³/mol. The number of rotatable bonds is 3. The van der Waals surface area contributed by atoms with Crippen LogP contribution < -0.4 is 5.32 Å². The average Bonchev–Trinajstić information content (AvgIpc) is 2.86. The van der Waals surface area contributed by atoms with Crippen LogP contribution in [0.1, 0.15) is 43.1 Å². The van der Waals surface area contributed by atoms with E-state index < -0.39 is 0 Å². The zero-order valence-electron chi connectivity index (χ0n) is 10.8. The molecule has 0 radical (unpaired) electrons. The van der Waals surface area contributed by atoms with Gasteiger partial charge in [-0.1, -0.05) is 18.7 Å². The highest BCUT2D eigenvalue weighted by Crippen LogP contribution is 2.29. The van der Waals surface area contributed by atoms with E-state index in [1.54, 1.807) is 11.3 Å². The summed E-state index contributed by atoms with van der Waals surface area (Å²) in [6, 6.07) is 0.155. The topological polar surface area (TPSA) is 37.3 Å². The lowest BCUT2D eigenvalue weighted by Crippen LogP contribution is -2.39. The molecule has 2 heterocycles. The number of amidine groups is 1. The molecule has 3 nitrogen and oxygen atoms in total. The smallest absolute Gasteiger partial charge is 0.157 e. The molecule has 1 fully saturated rings. The SMILES string of the molecule is CCC1(C)CSC(=NC(C)c2ncc(C)s2)N1. The second-order valence-electron chi connectivity index (χ2n) is 4.75. The molecular formula is C12H19N3S2. The van der Waals surface area contributed by atoms with Crippen LogP contribution in [0.25, 0.3) is 0 Å². The molecule has 5 heteroatoms. The number of thiazole rings is 1. The fourth-order valence-electron chi connectivity index (χ4n) is 1.61. The summed E-state index contributed by atoms with van der Waals surface area (Å²) in [6.45, 7) is 8.65. The molecule has 1 aromatic heterocycles.